The number of hydrogen-bond donors (Lipinski definition) is 1. The first-order valence-electron chi connectivity index (χ1n) is 10.0. The SMILES string of the molecule is COc1ccc(S(=O)(=O)N(CC(=O)Nc2ccccc2)C2CCCCC2)cc1OC. The monoisotopic (exact) mass is 432 g/mol. The molecule has 1 fully saturated rings. The molecule has 7 nitrogen and oxygen atoms in total. The summed E-state index contributed by atoms with van der Waals surface area (Å²) in [5.41, 5.74) is 0.634. The highest BCUT2D eigenvalue weighted by Gasteiger charge is 2.34. The predicted molar refractivity (Wildman–Crippen MR) is 115 cm³/mol. The first-order chi connectivity index (χ1) is 14.5. The summed E-state index contributed by atoms with van der Waals surface area (Å²) in [5, 5.41) is 2.79. The molecule has 2 aromatic carbocycles. The molecule has 1 saturated carbocycles. The molecule has 30 heavy (non-hydrogen) atoms. The molecule has 1 aliphatic rings. The molecule has 0 heterocycles. The summed E-state index contributed by atoms with van der Waals surface area (Å²) in [5.74, 6) is 0.411. The molecule has 1 amide bonds. The van der Waals surface area contributed by atoms with Crippen LogP contribution < -0.4 is 14.8 Å². The summed E-state index contributed by atoms with van der Waals surface area (Å²) in [4.78, 5) is 12.8. The third-order valence-electron chi connectivity index (χ3n) is 5.30. The van der Waals surface area contributed by atoms with Crippen LogP contribution in [0.25, 0.3) is 0 Å². The van der Waals surface area contributed by atoms with E-state index in [9.17, 15) is 13.2 Å². The van der Waals surface area contributed by atoms with Crippen LogP contribution in [-0.2, 0) is 14.8 Å². The van der Waals surface area contributed by atoms with Gasteiger partial charge in [0.15, 0.2) is 11.5 Å². The fourth-order valence-corrected chi connectivity index (χ4v) is 5.41. The molecule has 0 unspecified atom stereocenters. The lowest BCUT2D eigenvalue weighted by molar-refractivity contribution is -0.116. The molecule has 0 aliphatic heterocycles. The van der Waals surface area contributed by atoms with Crippen molar-refractivity contribution in [3.8, 4) is 11.5 Å². The summed E-state index contributed by atoms with van der Waals surface area (Å²) >= 11 is 0. The number of nitrogens with zero attached hydrogens (tertiary/aromatic N) is 1. The maximum atomic E-state index is 13.5. The van der Waals surface area contributed by atoms with E-state index < -0.39 is 10.0 Å². The van der Waals surface area contributed by atoms with Gasteiger partial charge in [-0.15, -0.1) is 0 Å². The number of carbonyl (C=O) groups is 1. The van der Waals surface area contributed by atoms with E-state index in [1.54, 1.807) is 18.2 Å². The lowest BCUT2D eigenvalue weighted by Crippen LogP contribution is -2.45. The molecule has 8 heteroatoms. The average Bonchev–Trinajstić information content (AvgIpc) is 2.78. The van der Waals surface area contributed by atoms with Gasteiger partial charge in [0.1, 0.15) is 0 Å². The van der Waals surface area contributed by atoms with E-state index in [-0.39, 0.29) is 23.4 Å². The number of benzene rings is 2. The molecule has 0 saturated heterocycles. The molecule has 0 aromatic heterocycles. The van der Waals surface area contributed by atoms with Crippen LogP contribution in [0.3, 0.4) is 0 Å². The number of carbonyl (C=O) groups excluding carboxylic acids is 1. The summed E-state index contributed by atoms with van der Waals surface area (Å²) < 4.78 is 38.9. The Labute approximate surface area is 178 Å². The second-order valence-corrected chi connectivity index (χ2v) is 9.16. The molecule has 0 spiro atoms. The van der Waals surface area contributed by atoms with Gasteiger partial charge in [-0.3, -0.25) is 4.79 Å². The van der Waals surface area contributed by atoms with Crippen LogP contribution >= 0.6 is 0 Å². The van der Waals surface area contributed by atoms with E-state index in [1.165, 1.54) is 30.7 Å². The van der Waals surface area contributed by atoms with Crippen LogP contribution in [0.15, 0.2) is 53.4 Å². The maximum absolute atomic E-state index is 13.5. The standard InChI is InChI=1S/C22H28N2O5S/c1-28-20-14-13-19(15-21(20)29-2)30(26,27)24(18-11-7-4-8-12-18)16-22(25)23-17-9-5-3-6-10-17/h3,5-6,9-10,13-15,18H,4,7-8,11-12,16H2,1-2H3,(H,23,25). The zero-order valence-electron chi connectivity index (χ0n) is 17.3. The molecular formula is C22H28N2O5S. The summed E-state index contributed by atoms with van der Waals surface area (Å²) in [7, 11) is -0.956. The Morgan fingerprint density at radius 3 is 2.30 bits per heavy atom. The number of para-hydroxylation sites is 1. The zero-order chi connectivity index (χ0) is 21.6. The Kier molecular flexibility index (Phi) is 7.33. The van der Waals surface area contributed by atoms with Gasteiger partial charge in [0, 0.05) is 17.8 Å². The van der Waals surface area contributed by atoms with E-state index in [2.05, 4.69) is 5.32 Å². The van der Waals surface area contributed by atoms with Crippen LogP contribution in [0.1, 0.15) is 32.1 Å². The lowest BCUT2D eigenvalue weighted by atomic mass is 9.95. The van der Waals surface area contributed by atoms with Crippen molar-refractivity contribution in [3.63, 3.8) is 0 Å². The van der Waals surface area contributed by atoms with Crippen LogP contribution in [-0.4, -0.2) is 45.4 Å². The highest BCUT2D eigenvalue weighted by Crippen LogP contribution is 2.33. The van der Waals surface area contributed by atoms with Gasteiger partial charge in [0.05, 0.1) is 25.7 Å². The van der Waals surface area contributed by atoms with Crippen molar-refractivity contribution in [3.05, 3.63) is 48.5 Å². The largest absolute Gasteiger partial charge is 0.493 e. The Balaban J connectivity index is 1.89. The smallest absolute Gasteiger partial charge is 0.243 e. The zero-order valence-corrected chi connectivity index (χ0v) is 18.2. The van der Waals surface area contributed by atoms with Gasteiger partial charge in [-0.1, -0.05) is 37.5 Å². The van der Waals surface area contributed by atoms with Crippen LogP contribution in [0.5, 0.6) is 11.5 Å². The maximum Gasteiger partial charge on any atom is 0.243 e. The lowest BCUT2D eigenvalue weighted by Gasteiger charge is -2.33. The van der Waals surface area contributed by atoms with E-state index in [0.717, 1.165) is 32.1 Å². The number of nitrogens with one attached hydrogen (secondary N) is 1. The topological polar surface area (TPSA) is 84.9 Å². The summed E-state index contributed by atoms with van der Waals surface area (Å²) in [6, 6.07) is 13.3. The molecule has 0 radical (unpaired) electrons. The average molecular weight is 433 g/mol. The van der Waals surface area contributed by atoms with Crippen molar-refractivity contribution in [2.45, 2.75) is 43.0 Å². The van der Waals surface area contributed by atoms with Gasteiger partial charge in [-0.2, -0.15) is 4.31 Å². The quantitative estimate of drug-likeness (QED) is 0.688. The number of amides is 1. The Bertz CT molecular complexity index is 957. The predicted octanol–water partition coefficient (Wildman–Crippen LogP) is 3.67. The first-order valence-corrected chi connectivity index (χ1v) is 11.5. The minimum Gasteiger partial charge on any atom is -0.493 e. The van der Waals surface area contributed by atoms with Crippen LogP contribution in [0.2, 0.25) is 0 Å². The normalized spacial score (nSPS) is 15.0. The second-order valence-electron chi connectivity index (χ2n) is 7.27. The van der Waals surface area contributed by atoms with Crippen molar-refractivity contribution in [1.82, 2.24) is 4.31 Å². The van der Waals surface area contributed by atoms with Crippen LogP contribution in [0.4, 0.5) is 5.69 Å². The number of hydrogen-bond acceptors (Lipinski definition) is 5. The Hall–Kier alpha value is -2.58. The van der Waals surface area contributed by atoms with Gasteiger partial charge in [-0.05, 0) is 37.1 Å². The summed E-state index contributed by atoms with van der Waals surface area (Å²) in [6.07, 6.45) is 4.46. The molecule has 0 atom stereocenters. The van der Waals surface area contributed by atoms with Crippen molar-refractivity contribution in [1.29, 1.82) is 0 Å². The Morgan fingerprint density at radius 1 is 1.00 bits per heavy atom. The molecule has 0 bridgehead atoms. The molecular weight excluding hydrogens is 404 g/mol. The Morgan fingerprint density at radius 2 is 1.67 bits per heavy atom. The number of methoxy groups -OCH3 is 2. The molecule has 1 N–H and O–H groups in total. The van der Waals surface area contributed by atoms with Crippen LogP contribution in [0, 0.1) is 0 Å². The van der Waals surface area contributed by atoms with E-state index in [0.29, 0.717) is 17.2 Å². The number of ether oxygens (including phenoxy) is 2. The minimum absolute atomic E-state index is 0.0817. The van der Waals surface area contributed by atoms with Gasteiger partial charge in [-0.25, -0.2) is 8.42 Å². The number of rotatable bonds is 8. The van der Waals surface area contributed by atoms with Crippen molar-refractivity contribution >= 4 is 21.6 Å². The number of sulfonamides is 1. The van der Waals surface area contributed by atoms with Gasteiger partial charge in [0.2, 0.25) is 15.9 Å². The molecule has 2 aromatic rings. The van der Waals surface area contributed by atoms with Gasteiger partial charge >= 0.3 is 0 Å². The van der Waals surface area contributed by atoms with E-state index in [4.69, 9.17) is 9.47 Å². The first kappa shape index (κ1) is 22.1. The van der Waals surface area contributed by atoms with Crippen molar-refractivity contribution in [2.24, 2.45) is 0 Å². The van der Waals surface area contributed by atoms with Crippen molar-refractivity contribution < 1.29 is 22.7 Å². The number of anilines is 1. The third-order valence-corrected chi connectivity index (χ3v) is 7.19. The van der Waals surface area contributed by atoms with Crippen molar-refractivity contribution in [2.75, 3.05) is 26.1 Å². The highest BCUT2D eigenvalue weighted by molar-refractivity contribution is 7.89. The van der Waals surface area contributed by atoms with Gasteiger partial charge in [0.25, 0.3) is 0 Å². The fraction of sp³-hybridized carbons (Fsp3) is 0.409. The highest BCUT2D eigenvalue weighted by atomic mass is 32.2. The van der Waals surface area contributed by atoms with Gasteiger partial charge < -0.3 is 14.8 Å². The molecule has 162 valence electrons. The fourth-order valence-electron chi connectivity index (χ4n) is 3.76. The van der Waals surface area contributed by atoms with E-state index >= 15 is 0 Å². The third kappa shape index (κ3) is 5.12. The van der Waals surface area contributed by atoms with E-state index in [1.807, 2.05) is 18.2 Å². The summed E-state index contributed by atoms with van der Waals surface area (Å²) in [6.45, 7) is -0.240. The molecule has 1 aliphatic carbocycles. The second kappa shape index (κ2) is 9.95. The molecule has 3 rings (SSSR count). The minimum atomic E-state index is -3.91.